The summed E-state index contributed by atoms with van der Waals surface area (Å²) in [6.07, 6.45) is 1.85. The van der Waals surface area contributed by atoms with Crippen LogP contribution in [0.3, 0.4) is 0 Å². The first-order chi connectivity index (χ1) is 18.5. The van der Waals surface area contributed by atoms with Gasteiger partial charge in [0.15, 0.2) is 5.13 Å². The minimum absolute atomic E-state index is 0.0235. The van der Waals surface area contributed by atoms with Crippen molar-refractivity contribution in [1.82, 2.24) is 15.0 Å². The van der Waals surface area contributed by atoms with Gasteiger partial charge in [-0.3, -0.25) is 4.79 Å². The van der Waals surface area contributed by atoms with Crippen molar-refractivity contribution in [2.75, 3.05) is 16.8 Å². The van der Waals surface area contributed by atoms with Crippen molar-refractivity contribution in [3.63, 3.8) is 0 Å². The van der Waals surface area contributed by atoms with Crippen molar-refractivity contribution in [2.24, 2.45) is 5.92 Å². The number of nitrogens with zero attached hydrogens (tertiary/aromatic N) is 1. The summed E-state index contributed by atoms with van der Waals surface area (Å²) in [5.41, 5.74) is 4.55. The molecule has 0 atom stereocenters. The molecule has 1 fully saturated rings. The SMILES string of the molecule is CC(C)CS(=O)(=O)NC1CCC(Nc2nc(N)c(C(=O)c3c(F)cc(CNC(=O)OC(C)(C)C)cc3F)s2)CC1. The van der Waals surface area contributed by atoms with E-state index < -0.39 is 44.7 Å². The molecule has 2 aromatic rings. The number of hydrogen-bond acceptors (Lipinski definition) is 9. The molecule has 222 valence electrons. The second-order valence-corrected chi connectivity index (χ2v) is 14.1. The zero-order valence-electron chi connectivity index (χ0n) is 23.3. The van der Waals surface area contributed by atoms with Crippen LogP contribution in [0.5, 0.6) is 0 Å². The predicted molar refractivity (Wildman–Crippen MR) is 151 cm³/mol. The molecule has 0 unspecified atom stereocenters. The largest absolute Gasteiger partial charge is 0.444 e. The number of nitrogens with two attached hydrogens (primary N) is 1. The zero-order valence-corrected chi connectivity index (χ0v) is 24.9. The summed E-state index contributed by atoms with van der Waals surface area (Å²) in [5, 5.41) is 5.95. The van der Waals surface area contributed by atoms with Crippen LogP contribution in [0.15, 0.2) is 12.1 Å². The fourth-order valence-electron chi connectivity index (χ4n) is 4.37. The van der Waals surface area contributed by atoms with Crippen LogP contribution in [0.2, 0.25) is 0 Å². The number of amides is 1. The standard InChI is InChI=1S/C26H37F2N5O5S2/c1-14(2)13-40(36,37)33-17-8-6-16(7-9-17)31-24-32-23(29)22(39-24)21(34)20-18(27)10-15(11-19(20)28)12-30-25(35)38-26(3,4)5/h10-11,14,16-17,33H,6-9,12-13,29H2,1-5H3,(H,30,35)(H,31,32). The maximum absolute atomic E-state index is 14.9. The molecule has 1 aliphatic rings. The summed E-state index contributed by atoms with van der Waals surface area (Å²) in [7, 11) is -3.34. The fourth-order valence-corrected chi connectivity index (χ4v) is 7.00. The highest BCUT2D eigenvalue weighted by Crippen LogP contribution is 2.32. The molecule has 0 aliphatic heterocycles. The van der Waals surface area contributed by atoms with E-state index in [1.807, 2.05) is 13.8 Å². The zero-order chi connectivity index (χ0) is 29.8. The van der Waals surface area contributed by atoms with Gasteiger partial charge in [-0.25, -0.2) is 31.7 Å². The van der Waals surface area contributed by atoms with E-state index in [-0.39, 0.29) is 46.6 Å². The number of halogens is 2. The van der Waals surface area contributed by atoms with E-state index in [0.717, 1.165) is 23.5 Å². The molecule has 1 amide bonds. The van der Waals surface area contributed by atoms with Crippen LogP contribution in [0.25, 0.3) is 0 Å². The summed E-state index contributed by atoms with van der Waals surface area (Å²) in [6, 6.07) is 1.77. The number of nitrogens with one attached hydrogen (secondary N) is 3. The van der Waals surface area contributed by atoms with Crippen molar-refractivity contribution >= 4 is 44.2 Å². The third kappa shape index (κ3) is 9.10. The van der Waals surface area contributed by atoms with Gasteiger partial charge < -0.3 is 21.1 Å². The van der Waals surface area contributed by atoms with Crippen LogP contribution >= 0.6 is 11.3 Å². The Morgan fingerprint density at radius 1 is 1.12 bits per heavy atom. The molecule has 1 saturated carbocycles. The van der Waals surface area contributed by atoms with E-state index in [0.29, 0.717) is 30.8 Å². The fraction of sp³-hybridized carbons (Fsp3) is 0.577. The third-order valence-electron chi connectivity index (χ3n) is 5.98. The first kappa shape index (κ1) is 31.7. The number of ether oxygens (including phenoxy) is 1. The highest BCUT2D eigenvalue weighted by molar-refractivity contribution is 7.89. The monoisotopic (exact) mass is 601 g/mol. The number of rotatable bonds is 10. The topological polar surface area (TPSA) is 153 Å². The Balaban J connectivity index is 1.62. The van der Waals surface area contributed by atoms with Gasteiger partial charge in [0.25, 0.3) is 0 Å². The molecule has 14 heteroatoms. The number of sulfonamides is 1. The summed E-state index contributed by atoms with van der Waals surface area (Å²) in [4.78, 5) is 28.9. The number of carbonyl (C=O) groups excluding carboxylic acids is 2. The Bertz CT molecular complexity index is 1310. The van der Waals surface area contributed by atoms with Gasteiger partial charge in [-0.05, 0) is 70.1 Å². The molecule has 0 spiro atoms. The lowest BCUT2D eigenvalue weighted by Gasteiger charge is -2.29. The van der Waals surface area contributed by atoms with Crippen molar-refractivity contribution in [2.45, 2.75) is 84.5 Å². The van der Waals surface area contributed by atoms with Crippen LogP contribution in [0.1, 0.15) is 81.1 Å². The highest BCUT2D eigenvalue weighted by atomic mass is 32.2. The van der Waals surface area contributed by atoms with E-state index in [4.69, 9.17) is 10.5 Å². The van der Waals surface area contributed by atoms with Crippen LogP contribution in [-0.2, 0) is 21.3 Å². The minimum atomic E-state index is -3.34. The lowest BCUT2D eigenvalue weighted by molar-refractivity contribution is 0.0523. The molecular weight excluding hydrogens is 564 g/mol. The van der Waals surface area contributed by atoms with Crippen molar-refractivity contribution in [3.8, 4) is 0 Å². The maximum Gasteiger partial charge on any atom is 0.407 e. The summed E-state index contributed by atoms with van der Waals surface area (Å²) >= 11 is 0.900. The minimum Gasteiger partial charge on any atom is -0.444 e. The summed E-state index contributed by atoms with van der Waals surface area (Å²) in [6.45, 7) is 8.56. The number of aromatic nitrogens is 1. The maximum atomic E-state index is 14.9. The molecule has 1 heterocycles. The first-order valence-corrected chi connectivity index (χ1v) is 15.5. The Labute approximate surface area is 237 Å². The number of anilines is 2. The van der Waals surface area contributed by atoms with Gasteiger partial charge in [-0.1, -0.05) is 25.2 Å². The Morgan fingerprint density at radius 3 is 2.25 bits per heavy atom. The number of nitrogen functional groups attached to an aromatic ring is 1. The molecule has 1 aromatic heterocycles. The average Bonchev–Trinajstić information content (AvgIpc) is 3.16. The molecule has 10 nitrogen and oxygen atoms in total. The number of thiazole rings is 1. The Kier molecular flexibility index (Phi) is 10.1. The van der Waals surface area contributed by atoms with Crippen molar-refractivity contribution in [3.05, 3.63) is 39.8 Å². The molecule has 1 aromatic carbocycles. The van der Waals surface area contributed by atoms with Gasteiger partial charge in [0.05, 0.1) is 11.3 Å². The van der Waals surface area contributed by atoms with Crippen LogP contribution in [0, 0.1) is 17.6 Å². The highest BCUT2D eigenvalue weighted by Gasteiger charge is 2.28. The number of benzene rings is 1. The second-order valence-electron chi connectivity index (χ2n) is 11.3. The van der Waals surface area contributed by atoms with Crippen molar-refractivity contribution < 1.29 is 31.5 Å². The first-order valence-electron chi connectivity index (χ1n) is 13.0. The van der Waals surface area contributed by atoms with E-state index in [9.17, 15) is 26.8 Å². The number of carbonyl (C=O) groups is 2. The molecule has 1 aliphatic carbocycles. The second kappa shape index (κ2) is 12.8. The van der Waals surface area contributed by atoms with E-state index in [2.05, 4.69) is 20.3 Å². The summed E-state index contributed by atoms with van der Waals surface area (Å²) < 4.78 is 62.0. The molecule has 40 heavy (non-hydrogen) atoms. The lowest BCUT2D eigenvalue weighted by atomic mass is 9.92. The van der Waals surface area contributed by atoms with Gasteiger partial charge in [0.2, 0.25) is 15.8 Å². The normalized spacial score (nSPS) is 18.0. The van der Waals surface area contributed by atoms with E-state index in [1.165, 1.54) is 0 Å². The predicted octanol–water partition coefficient (Wildman–Crippen LogP) is 4.56. The number of alkyl carbamates (subject to hydrolysis) is 1. The molecule has 3 rings (SSSR count). The van der Waals surface area contributed by atoms with Gasteiger partial charge in [0, 0.05) is 18.6 Å². The Hall–Kier alpha value is -2.84. The molecular formula is C26H37F2N5O5S2. The quantitative estimate of drug-likeness (QED) is 0.289. The Morgan fingerprint density at radius 2 is 1.70 bits per heavy atom. The average molecular weight is 602 g/mol. The smallest absolute Gasteiger partial charge is 0.407 e. The van der Waals surface area contributed by atoms with E-state index in [1.54, 1.807) is 20.8 Å². The van der Waals surface area contributed by atoms with Crippen LogP contribution in [-0.4, -0.2) is 48.7 Å². The van der Waals surface area contributed by atoms with Gasteiger partial charge in [-0.2, -0.15) is 0 Å². The van der Waals surface area contributed by atoms with Crippen LogP contribution in [0.4, 0.5) is 24.5 Å². The van der Waals surface area contributed by atoms with Crippen LogP contribution < -0.4 is 21.1 Å². The summed E-state index contributed by atoms with van der Waals surface area (Å²) in [5.74, 6) is -3.16. The number of ketones is 1. The third-order valence-corrected chi connectivity index (χ3v) is 8.78. The lowest BCUT2D eigenvalue weighted by Crippen LogP contribution is -2.41. The van der Waals surface area contributed by atoms with Gasteiger partial charge in [0.1, 0.15) is 27.9 Å². The van der Waals surface area contributed by atoms with Crippen molar-refractivity contribution in [1.29, 1.82) is 0 Å². The van der Waals surface area contributed by atoms with E-state index >= 15 is 0 Å². The van der Waals surface area contributed by atoms with Gasteiger partial charge >= 0.3 is 6.09 Å². The number of hydrogen-bond donors (Lipinski definition) is 4. The molecule has 0 bridgehead atoms. The molecule has 0 saturated heterocycles. The molecule has 0 radical (unpaired) electrons. The van der Waals surface area contributed by atoms with Gasteiger partial charge in [-0.15, -0.1) is 0 Å². The molecule has 5 N–H and O–H groups in total.